The fourth-order valence-electron chi connectivity index (χ4n) is 3.40. The topological polar surface area (TPSA) is 108 Å². The molecule has 1 heterocycles. The van der Waals surface area contributed by atoms with E-state index in [1.807, 2.05) is 4.90 Å². The fourth-order valence-corrected chi connectivity index (χ4v) is 3.40. The first kappa shape index (κ1) is 16.0. The molecule has 120 valence electrons. The highest BCUT2D eigenvalue weighted by molar-refractivity contribution is 6.07. The van der Waals surface area contributed by atoms with Crippen LogP contribution in [-0.4, -0.2) is 59.4 Å². The van der Waals surface area contributed by atoms with Gasteiger partial charge in [0.25, 0.3) is 0 Å². The number of likely N-dealkylation sites (tertiary alicyclic amines) is 1. The summed E-state index contributed by atoms with van der Waals surface area (Å²) < 4.78 is 5.50. The molecular weight excluding hydrogens is 274 g/mol. The van der Waals surface area contributed by atoms with Gasteiger partial charge in [0, 0.05) is 13.1 Å². The van der Waals surface area contributed by atoms with Crippen LogP contribution in [-0.2, 0) is 9.53 Å². The number of nitrogens with zero attached hydrogens (tertiary/aromatic N) is 2. The van der Waals surface area contributed by atoms with E-state index in [0.717, 1.165) is 25.7 Å². The van der Waals surface area contributed by atoms with Gasteiger partial charge in [-0.1, -0.05) is 18.0 Å². The zero-order valence-corrected chi connectivity index (χ0v) is 12.3. The van der Waals surface area contributed by atoms with Crippen molar-refractivity contribution in [1.82, 2.24) is 4.90 Å². The van der Waals surface area contributed by atoms with Crippen LogP contribution in [0.1, 0.15) is 38.5 Å². The summed E-state index contributed by atoms with van der Waals surface area (Å²) in [6.07, 6.45) is 4.79. The number of piperidine rings is 1. The molecule has 21 heavy (non-hydrogen) atoms. The van der Waals surface area contributed by atoms with Gasteiger partial charge in [0.2, 0.25) is 5.91 Å². The van der Waals surface area contributed by atoms with Crippen LogP contribution in [0, 0.1) is 5.41 Å². The maximum absolute atomic E-state index is 12.8. The monoisotopic (exact) mass is 299 g/mol. The van der Waals surface area contributed by atoms with Gasteiger partial charge in [-0.25, -0.2) is 0 Å². The molecule has 0 aromatic rings. The molecule has 7 nitrogen and oxygen atoms in total. The van der Waals surface area contributed by atoms with E-state index in [9.17, 15) is 4.79 Å². The first-order valence-corrected chi connectivity index (χ1v) is 7.64. The van der Waals surface area contributed by atoms with Crippen molar-refractivity contribution in [3.63, 3.8) is 0 Å². The number of aliphatic hydroxyl groups is 1. The van der Waals surface area contributed by atoms with Crippen LogP contribution in [0.3, 0.4) is 0 Å². The maximum Gasteiger partial charge on any atom is 0.236 e. The number of hydrogen-bond acceptors (Lipinski definition) is 5. The minimum Gasteiger partial charge on any atom is -0.409 e. The van der Waals surface area contributed by atoms with Gasteiger partial charge < -0.3 is 25.7 Å². The number of carbonyl (C=O) groups excluding carboxylic acids is 1. The zero-order chi connectivity index (χ0) is 15.3. The van der Waals surface area contributed by atoms with Crippen LogP contribution in [0.4, 0.5) is 0 Å². The van der Waals surface area contributed by atoms with Gasteiger partial charge in [-0.15, -0.1) is 0 Å². The molecule has 1 saturated heterocycles. The Morgan fingerprint density at radius 2 is 1.95 bits per heavy atom. The van der Waals surface area contributed by atoms with E-state index in [1.165, 1.54) is 0 Å². The molecule has 1 aliphatic heterocycles. The highest BCUT2D eigenvalue weighted by atomic mass is 16.5. The van der Waals surface area contributed by atoms with Gasteiger partial charge >= 0.3 is 0 Å². The number of nitrogens with two attached hydrogens (primary N) is 1. The molecule has 1 amide bonds. The normalized spacial score (nSPS) is 23.5. The lowest BCUT2D eigenvalue weighted by atomic mass is 9.82. The van der Waals surface area contributed by atoms with Crippen LogP contribution >= 0.6 is 0 Å². The van der Waals surface area contributed by atoms with Crippen LogP contribution in [0.25, 0.3) is 0 Å². The van der Waals surface area contributed by atoms with E-state index < -0.39 is 5.41 Å². The van der Waals surface area contributed by atoms with Gasteiger partial charge in [-0.05, 0) is 25.7 Å². The predicted octanol–water partition coefficient (Wildman–Crippen LogP) is 0.293. The third-order valence-corrected chi connectivity index (χ3v) is 4.64. The lowest BCUT2D eigenvalue weighted by Gasteiger charge is -2.37. The first-order valence-electron chi connectivity index (χ1n) is 7.64. The van der Waals surface area contributed by atoms with Gasteiger partial charge in [0.1, 0.15) is 5.41 Å². The van der Waals surface area contributed by atoms with Gasteiger partial charge in [0.05, 0.1) is 19.3 Å². The third-order valence-electron chi connectivity index (χ3n) is 4.64. The molecule has 0 unspecified atom stereocenters. The Balaban J connectivity index is 1.97. The van der Waals surface area contributed by atoms with E-state index in [4.69, 9.17) is 20.8 Å². The number of oxime groups is 1. The summed E-state index contributed by atoms with van der Waals surface area (Å²) in [5, 5.41) is 20.9. The molecule has 0 bridgehead atoms. The molecule has 4 N–H and O–H groups in total. The largest absolute Gasteiger partial charge is 0.409 e. The number of ether oxygens (including phenoxy) is 1. The second-order valence-electron chi connectivity index (χ2n) is 5.86. The molecule has 7 heteroatoms. The smallest absolute Gasteiger partial charge is 0.236 e. The number of amidine groups is 1. The van der Waals surface area contributed by atoms with Gasteiger partial charge in [0.15, 0.2) is 5.84 Å². The number of carbonyl (C=O) groups is 1. The Hall–Kier alpha value is -1.34. The minimum absolute atomic E-state index is 0.0177. The summed E-state index contributed by atoms with van der Waals surface area (Å²) >= 11 is 0. The summed E-state index contributed by atoms with van der Waals surface area (Å²) in [4.78, 5) is 14.6. The molecule has 0 aromatic heterocycles. The van der Waals surface area contributed by atoms with Crippen molar-refractivity contribution >= 4 is 11.7 Å². The van der Waals surface area contributed by atoms with Crippen molar-refractivity contribution < 1.29 is 19.8 Å². The van der Waals surface area contributed by atoms with Crippen LogP contribution in [0.5, 0.6) is 0 Å². The second kappa shape index (κ2) is 7.09. The Morgan fingerprint density at radius 3 is 2.48 bits per heavy atom. The summed E-state index contributed by atoms with van der Waals surface area (Å²) in [6.45, 7) is 1.60. The number of amides is 1. The Bertz CT molecular complexity index is 386. The summed E-state index contributed by atoms with van der Waals surface area (Å²) in [7, 11) is 0. The highest BCUT2D eigenvalue weighted by Gasteiger charge is 2.47. The van der Waals surface area contributed by atoms with Crippen molar-refractivity contribution in [2.45, 2.75) is 44.6 Å². The molecule has 1 aliphatic carbocycles. The summed E-state index contributed by atoms with van der Waals surface area (Å²) in [6, 6.07) is 0. The predicted molar refractivity (Wildman–Crippen MR) is 76.9 cm³/mol. The molecule has 0 spiro atoms. The van der Waals surface area contributed by atoms with Crippen molar-refractivity contribution in [2.75, 3.05) is 26.3 Å². The van der Waals surface area contributed by atoms with Crippen molar-refractivity contribution in [3.8, 4) is 0 Å². The van der Waals surface area contributed by atoms with E-state index in [1.54, 1.807) is 0 Å². The van der Waals surface area contributed by atoms with Crippen molar-refractivity contribution in [1.29, 1.82) is 0 Å². The second-order valence-corrected chi connectivity index (χ2v) is 5.86. The fraction of sp³-hybridized carbons (Fsp3) is 0.857. The number of hydrogen-bond donors (Lipinski definition) is 3. The number of rotatable bonds is 5. The van der Waals surface area contributed by atoms with E-state index in [2.05, 4.69) is 5.16 Å². The average molecular weight is 299 g/mol. The SMILES string of the molecule is NC(=NO)C1(C(=O)N2CCC(OCCO)CC2)CCCC1. The lowest BCUT2D eigenvalue weighted by Crippen LogP contribution is -2.52. The minimum atomic E-state index is -0.812. The van der Waals surface area contributed by atoms with Crippen LogP contribution in [0.15, 0.2) is 5.16 Å². The Morgan fingerprint density at radius 1 is 1.33 bits per heavy atom. The van der Waals surface area contributed by atoms with E-state index in [-0.39, 0.29) is 24.5 Å². The summed E-state index contributed by atoms with van der Waals surface area (Å²) in [5.74, 6) is 0.0274. The molecule has 2 rings (SSSR count). The quantitative estimate of drug-likeness (QED) is 0.293. The molecular formula is C14H25N3O4. The van der Waals surface area contributed by atoms with Gasteiger partial charge in [-0.2, -0.15) is 0 Å². The molecule has 2 aliphatic rings. The lowest BCUT2D eigenvalue weighted by molar-refractivity contribution is -0.141. The molecule has 0 radical (unpaired) electrons. The van der Waals surface area contributed by atoms with E-state index >= 15 is 0 Å². The number of aliphatic hydroxyl groups excluding tert-OH is 1. The van der Waals surface area contributed by atoms with E-state index in [0.29, 0.717) is 32.5 Å². The van der Waals surface area contributed by atoms with Crippen LogP contribution < -0.4 is 5.73 Å². The summed E-state index contributed by atoms with van der Waals surface area (Å²) in [5.41, 5.74) is 5.00. The molecule has 0 aromatic carbocycles. The van der Waals surface area contributed by atoms with Gasteiger partial charge in [-0.3, -0.25) is 4.79 Å². The highest BCUT2D eigenvalue weighted by Crippen LogP contribution is 2.40. The molecule has 1 saturated carbocycles. The zero-order valence-electron chi connectivity index (χ0n) is 12.3. The van der Waals surface area contributed by atoms with Crippen molar-refractivity contribution in [3.05, 3.63) is 0 Å². The maximum atomic E-state index is 12.8. The average Bonchev–Trinajstić information content (AvgIpc) is 3.02. The Kier molecular flexibility index (Phi) is 5.41. The molecule has 0 atom stereocenters. The molecule has 2 fully saturated rings. The van der Waals surface area contributed by atoms with Crippen molar-refractivity contribution in [2.24, 2.45) is 16.3 Å². The Labute approximate surface area is 124 Å². The van der Waals surface area contributed by atoms with Crippen LogP contribution in [0.2, 0.25) is 0 Å². The standard InChI is InChI=1S/C14H25N3O4/c15-12(16-20)14(5-1-2-6-14)13(19)17-7-3-11(4-8-17)21-10-9-18/h11,18,20H,1-10H2,(H2,15,16). The third kappa shape index (κ3) is 3.29. The first-order chi connectivity index (χ1) is 10.1.